The van der Waals surface area contributed by atoms with Crippen LogP contribution in [0.15, 0.2) is 0 Å². The summed E-state index contributed by atoms with van der Waals surface area (Å²) in [6, 6.07) is 0.211. The van der Waals surface area contributed by atoms with Crippen molar-refractivity contribution in [1.29, 1.82) is 0 Å². The van der Waals surface area contributed by atoms with Crippen molar-refractivity contribution in [3.05, 3.63) is 0 Å². The summed E-state index contributed by atoms with van der Waals surface area (Å²) >= 11 is 0. The second-order valence-corrected chi connectivity index (χ2v) is 6.17. The van der Waals surface area contributed by atoms with Crippen molar-refractivity contribution >= 4 is 5.91 Å². The molecule has 0 spiro atoms. The summed E-state index contributed by atoms with van der Waals surface area (Å²) in [4.78, 5) is 14.1. The zero-order chi connectivity index (χ0) is 13.8. The van der Waals surface area contributed by atoms with Gasteiger partial charge in [-0.15, -0.1) is 0 Å². The fourth-order valence-electron chi connectivity index (χ4n) is 2.59. The number of β-amino-alcohol motifs (C(OH)–C–C–N with tert-alkyl or cyclic N) is 1. The lowest BCUT2D eigenvalue weighted by molar-refractivity contribution is -0.141. The van der Waals surface area contributed by atoms with Crippen LogP contribution in [-0.2, 0) is 4.79 Å². The van der Waals surface area contributed by atoms with Crippen LogP contribution in [0.1, 0.15) is 52.9 Å². The lowest BCUT2D eigenvalue weighted by atomic mass is 9.93. The molecule has 0 radical (unpaired) electrons. The van der Waals surface area contributed by atoms with Crippen molar-refractivity contribution < 1.29 is 9.90 Å². The van der Waals surface area contributed by atoms with Gasteiger partial charge >= 0.3 is 0 Å². The quantitative estimate of drug-likeness (QED) is 0.783. The highest BCUT2D eigenvalue weighted by molar-refractivity contribution is 5.78. The Morgan fingerprint density at radius 1 is 1.44 bits per heavy atom. The van der Waals surface area contributed by atoms with E-state index in [0.717, 1.165) is 38.6 Å². The van der Waals surface area contributed by atoms with Crippen molar-refractivity contribution in [1.82, 2.24) is 4.90 Å². The van der Waals surface area contributed by atoms with Crippen LogP contribution in [0.3, 0.4) is 0 Å². The van der Waals surface area contributed by atoms with Gasteiger partial charge in [0.2, 0.25) is 5.91 Å². The number of amides is 1. The van der Waals surface area contributed by atoms with Gasteiger partial charge in [-0.25, -0.2) is 0 Å². The predicted molar refractivity (Wildman–Crippen MR) is 73.1 cm³/mol. The van der Waals surface area contributed by atoms with E-state index in [2.05, 4.69) is 0 Å². The fraction of sp³-hybridized carbons (Fsp3) is 0.929. The molecule has 1 rings (SSSR count). The lowest BCUT2D eigenvalue weighted by Gasteiger charge is -2.38. The van der Waals surface area contributed by atoms with E-state index in [4.69, 9.17) is 5.73 Å². The highest BCUT2D eigenvalue weighted by Gasteiger charge is 2.32. The second kappa shape index (κ2) is 6.53. The zero-order valence-corrected chi connectivity index (χ0v) is 12.0. The molecule has 0 aromatic rings. The normalized spacial score (nSPS) is 27.9. The van der Waals surface area contributed by atoms with Gasteiger partial charge < -0.3 is 15.7 Å². The summed E-state index contributed by atoms with van der Waals surface area (Å²) in [5.41, 5.74) is 5.00. The number of piperidine rings is 1. The Kier molecular flexibility index (Phi) is 5.60. The minimum Gasteiger partial charge on any atom is -0.388 e. The molecule has 0 aromatic carbocycles. The lowest BCUT2D eigenvalue weighted by Crippen LogP contribution is -2.50. The molecule has 0 aromatic heterocycles. The van der Waals surface area contributed by atoms with Gasteiger partial charge in [-0.2, -0.15) is 0 Å². The number of rotatable bonds is 5. The first kappa shape index (κ1) is 15.4. The summed E-state index contributed by atoms with van der Waals surface area (Å²) in [6.45, 7) is 7.05. The minimum absolute atomic E-state index is 0.0395. The topological polar surface area (TPSA) is 66.6 Å². The van der Waals surface area contributed by atoms with E-state index in [1.165, 1.54) is 0 Å². The summed E-state index contributed by atoms with van der Waals surface area (Å²) in [5, 5.41) is 10.0. The number of nitrogens with two attached hydrogens (primary N) is 1. The SMILES string of the molecule is CC(N)CCCC(C)C(=O)N1CCCC(C)(O)C1. The Balaban J connectivity index is 2.38. The Morgan fingerprint density at radius 2 is 2.11 bits per heavy atom. The first-order chi connectivity index (χ1) is 8.32. The number of hydrogen-bond donors (Lipinski definition) is 2. The first-order valence-electron chi connectivity index (χ1n) is 7.08. The summed E-state index contributed by atoms with van der Waals surface area (Å²) in [5.74, 6) is 0.220. The molecule has 4 heteroatoms. The Hall–Kier alpha value is -0.610. The van der Waals surface area contributed by atoms with Crippen LogP contribution in [0.25, 0.3) is 0 Å². The van der Waals surface area contributed by atoms with Crippen molar-refractivity contribution in [3.8, 4) is 0 Å². The average Bonchev–Trinajstić information content (AvgIpc) is 2.26. The van der Waals surface area contributed by atoms with E-state index in [1.54, 1.807) is 0 Å². The van der Waals surface area contributed by atoms with Gasteiger partial charge in [0.25, 0.3) is 0 Å². The maximum atomic E-state index is 12.2. The van der Waals surface area contributed by atoms with E-state index in [1.807, 2.05) is 25.7 Å². The van der Waals surface area contributed by atoms with Crippen LogP contribution in [-0.4, -0.2) is 40.6 Å². The summed E-state index contributed by atoms with van der Waals surface area (Å²) in [6.07, 6.45) is 4.53. The molecule has 1 fully saturated rings. The van der Waals surface area contributed by atoms with Gasteiger partial charge in [0, 0.05) is 25.0 Å². The molecule has 0 bridgehead atoms. The molecular formula is C14H28N2O2. The van der Waals surface area contributed by atoms with E-state index in [9.17, 15) is 9.90 Å². The maximum Gasteiger partial charge on any atom is 0.225 e. The van der Waals surface area contributed by atoms with Gasteiger partial charge in [0.15, 0.2) is 0 Å². The number of carbonyl (C=O) groups excluding carboxylic acids is 1. The third-order valence-electron chi connectivity index (χ3n) is 3.70. The van der Waals surface area contributed by atoms with Gasteiger partial charge in [-0.05, 0) is 39.5 Å². The number of nitrogens with zero attached hydrogens (tertiary/aromatic N) is 1. The molecule has 1 amide bonds. The molecular weight excluding hydrogens is 228 g/mol. The molecule has 1 aliphatic rings. The van der Waals surface area contributed by atoms with Crippen LogP contribution in [0, 0.1) is 5.92 Å². The van der Waals surface area contributed by atoms with Crippen LogP contribution in [0.5, 0.6) is 0 Å². The molecule has 4 nitrogen and oxygen atoms in total. The molecule has 3 N–H and O–H groups in total. The molecule has 0 saturated carbocycles. The maximum absolute atomic E-state index is 12.2. The smallest absolute Gasteiger partial charge is 0.225 e. The van der Waals surface area contributed by atoms with Crippen LogP contribution >= 0.6 is 0 Å². The largest absolute Gasteiger partial charge is 0.388 e. The fourth-order valence-corrected chi connectivity index (χ4v) is 2.59. The van der Waals surface area contributed by atoms with E-state index in [-0.39, 0.29) is 17.9 Å². The summed E-state index contributed by atoms with van der Waals surface area (Å²) in [7, 11) is 0. The summed E-state index contributed by atoms with van der Waals surface area (Å²) < 4.78 is 0. The Labute approximate surface area is 111 Å². The Bertz CT molecular complexity index is 277. The van der Waals surface area contributed by atoms with Crippen molar-refractivity contribution in [2.24, 2.45) is 11.7 Å². The predicted octanol–water partition coefficient (Wildman–Crippen LogP) is 1.51. The molecule has 1 saturated heterocycles. The van der Waals surface area contributed by atoms with Gasteiger partial charge in [-0.3, -0.25) is 4.79 Å². The van der Waals surface area contributed by atoms with Crippen molar-refractivity contribution in [3.63, 3.8) is 0 Å². The monoisotopic (exact) mass is 256 g/mol. The number of carbonyl (C=O) groups is 1. The van der Waals surface area contributed by atoms with Gasteiger partial charge in [0.1, 0.15) is 0 Å². The Morgan fingerprint density at radius 3 is 2.67 bits per heavy atom. The van der Waals surface area contributed by atoms with E-state index < -0.39 is 5.60 Å². The zero-order valence-electron chi connectivity index (χ0n) is 12.0. The third-order valence-corrected chi connectivity index (χ3v) is 3.70. The van der Waals surface area contributed by atoms with Crippen LogP contribution in [0.2, 0.25) is 0 Å². The molecule has 1 heterocycles. The minimum atomic E-state index is -0.709. The number of hydrogen-bond acceptors (Lipinski definition) is 3. The molecule has 1 aliphatic heterocycles. The highest BCUT2D eigenvalue weighted by Crippen LogP contribution is 2.22. The highest BCUT2D eigenvalue weighted by atomic mass is 16.3. The van der Waals surface area contributed by atoms with Crippen molar-refractivity contribution in [2.75, 3.05) is 13.1 Å². The second-order valence-electron chi connectivity index (χ2n) is 6.17. The number of aliphatic hydroxyl groups is 1. The molecule has 0 aliphatic carbocycles. The molecule has 106 valence electrons. The molecule has 18 heavy (non-hydrogen) atoms. The van der Waals surface area contributed by atoms with Crippen LogP contribution < -0.4 is 5.73 Å². The third kappa shape index (κ3) is 4.94. The molecule has 3 atom stereocenters. The average molecular weight is 256 g/mol. The van der Waals surface area contributed by atoms with Gasteiger partial charge in [-0.1, -0.05) is 13.3 Å². The van der Waals surface area contributed by atoms with Crippen LogP contribution in [0.4, 0.5) is 0 Å². The van der Waals surface area contributed by atoms with E-state index >= 15 is 0 Å². The van der Waals surface area contributed by atoms with Gasteiger partial charge in [0.05, 0.1) is 5.60 Å². The van der Waals surface area contributed by atoms with E-state index in [0.29, 0.717) is 6.54 Å². The number of likely N-dealkylation sites (tertiary alicyclic amines) is 1. The molecule has 3 unspecified atom stereocenters. The standard InChI is InChI=1S/C14H28N2O2/c1-11(6-4-7-12(2)15)13(17)16-9-5-8-14(3,18)10-16/h11-12,18H,4-10,15H2,1-3H3. The van der Waals surface area contributed by atoms with Crippen molar-refractivity contribution in [2.45, 2.75) is 64.5 Å². The first-order valence-corrected chi connectivity index (χ1v) is 7.08.